The van der Waals surface area contributed by atoms with Gasteiger partial charge in [-0.2, -0.15) is 0 Å². The maximum absolute atomic E-state index is 13.5. The van der Waals surface area contributed by atoms with Crippen molar-refractivity contribution in [3.63, 3.8) is 0 Å². The van der Waals surface area contributed by atoms with Crippen LogP contribution in [0.1, 0.15) is 53.1 Å². The molecule has 1 saturated heterocycles. The Hall–Kier alpha value is -2.21. The minimum Gasteiger partial charge on any atom is -0.371 e. The summed E-state index contributed by atoms with van der Waals surface area (Å²) in [6.45, 7) is 1.10. The van der Waals surface area contributed by atoms with E-state index in [2.05, 4.69) is 15.5 Å². The van der Waals surface area contributed by atoms with E-state index in [1.54, 1.807) is 11.3 Å². The Kier molecular flexibility index (Phi) is 6.06. The van der Waals surface area contributed by atoms with Crippen LogP contribution in [0.15, 0.2) is 4.79 Å². The highest BCUT2D eigenvalue weighted by Gasteiger charge is 2.25. The van der Waals surface area contributed by atoms with Crippen LogP contribution < -0.4 is 10.9 Å². The summed E-state index contributed by atoms with van der Waals surface area (Å²) < 4.78 is 7.15. The highest BCUT2D eigenvalue weighted by molar-refractivity contribution is 7.18. The Morgan fingerprint density at radius 1 is 1.22 bits per heavy atom. The predicted molar refractivity (Wildman–Crippen MR) is 124 cm³/mol. The van der Waals surface area contributed by atoms with Gasteiger partial charge in [0.2, 0.25) is 11.0 Å². The SMILES string of the molecule is CN(C)Cc1nc2sc3c(c2c(=O)n1CC(=O)Nc1nnc(C2CCCO2)s1)CCCC3. The van der Waals surface area contributed by atoms with E-state index in [0.717, 1.165) is 60.5 Å². The van der Waals surface area contributed by atoms with Gasteiger partial charge < -0.3 is 9.64 Å². The molecule has 3 aromatic heterocycles. The molecule has 170 valence electrons. The lowest BCUT2D eigenvalue weighted by atomic mass is 9.97. The number of carbonyl (C=O) groups is 1. The molecular weight excluding hydrogens is 448 g/mol. The highest BCUT2D eigenvalue weighted by atomic mass is 32.1. The smallest absolute Gasteiger partial charge is 0.263 e. The highest BCUT2D eigenvalue weighted by Crippen LogP contribution is 2.34. The molecule has 0 radical (unpaired) electrons. The second-order valence-corrected chi connectivity index (χ2v) is 10.6. The van der Waals surface area contributed by atoms with Gasteiger partial charge in [0.05, 0.1) is 11.9 Å². The van der Waals surface area contributed by atoms with Crippen LogP contribution in [0.4, 0.5) is 5.13 Å². The van der Waals surface area contributed by atoms with E-state index in [1.165, 1.54) is 20.8 Å². The van der Waals surface area contributed by atoms with Crippen molar-refractivity contribution in [2.24, 2.45) is 0 Å². The lowest BCUT2D eigenvalue weighted by Gasteiger charge is -2.16. The van der Waals surface area contributed by atoms with Gasteiger partial charge in [-0.3, -0.25) is 19.5 Å². The third-order valence-corrected chi connectivity index (χ3v) is 7.92. The maximum Gasteiger partial charge on any atom is 0.263 e. The van der Waals surface area contributed by atoms with Gasteiger partial charge in [0.1, 0.15) is 28.3 Å². The summed E-state index contributed by atoms with van der Waals surface area (Å²) >= 11 is 2.95. The third-order valence-electron chi connectivity index (χ3n) is 5.81. The molecule has 1 atom stereocenters. The number of carbonyl (C=O) groups excluding carboxylic acids is 1. The normalized spacial score (nSPS) is 18.4. The number of aryl methyl sites for hydroxylation is 2. The van der Waals surface area contributed by atoms with Gasteiger partial charge in [-0.05, 0) is 58.2 Å². The Morgan fingerprint density at radius 3 is 2.84 bits per heavy atom. The molecule has 0 bridgehead atoms. The molecule has 0 spiro atoms. The summed E-state index contributed by atoms with van der Waals surface area (Å²) in [6, 6.07) is 0. The number of aromatic nitrogens is 4. The van der Waals surface area contributed by atoms with Crippen molar-refractivity contribution in [3.8, 4) is 0 Å². The minimum atomic E-state index is -0.313. The molecule has 5 rings (SSSR count). The van der Waals surface area contributed by atoms with Crippen LogP contribution in [0.2, 0.25) is 0 Å². The monoisotopic (exact) mass is 474 g/mol. The van der Waals surface area contributed by atoms with E-state index in [9.17, 15) is 9.59 Å². The zero-order valence-electron chi connectivity index (χ0n) is 18.2. The van der Waals surface area contributed by atoms with Gasteiger partial charge in [0.15, 0.2) is 0 Å². The van der Waals surface area contributed by atoms with E-state index in [4.69, 9.17) is 9.72 Å². The van der Waals surface area contributed by atoms with Crippen LogP contribution in [0.5, 0.6) is 0 Å². The fraction of sp³-hybridized carbons (Fsp3) is 0.571. The number of anilines is 1. The molecule has 1 amide bonds. The molecule has 0 aromatic carbocycles. The first-order chi connectivity index (χ1) is 15.5. The first-order valence-corrected chi connectivity index (χ1v) is 12.6. The van der Waals surface area contributed by atoms with E-state index in [0.29, 0.717) is 22.9 Å². The molecule has 1 aliphatic carbocycles. The minimum absolute atomic E-state index is 0.0381. The Balaban J connectivity index is 1.43. The van der Waals surface area contributed by atoms with E-state index in [1.807, 2.05) is 19.0 Å². The molecule has 1 aliphatic heterocycles. The van der Waals surface area contributed by atoms with E-state index < -0.39 is 0 Å². The largest absolute Gasteiger partial charge is 0.371 e. The maximum atomic E-state index is 13.5. The molecule has 3 aromatic rings. The van der Waals surface area contributed by atoms with Gasteiger partial charge in [-0.25, -0.2) is 4.98 Å². The number of nitrogens with one attached hydrogen (secondary N) is 1. The summed E-state index contributed by atoms with van der Waals surface area (Å²) in [5, 5.41) is 12.9. The van der Waals surface area contributed by atoms with Crippen LogP contribution in [-0.2, 0) is 35.5 Å². The lowest BCUT2D eigenvalue weighted by molar-refractivity contribution is -0.116. The second kappa shape index (κ2) is 8.97. The molecule has 1 fully saturated rings. The Labute approximate surface area is 193 Å². The zero-order chi connectivity index (χ0) is 22.2. The Bertz CT molecular complexity index is 1210. The number of ether oxygens (including phenoxy) is 1. The zero-order valence-corrected chi connectivity index (χ0v) is 19.9. The molecule has 0 saturated carbocycles. The van der Waals surface area contributed by atoms with Crippen molar-refractivity contribution in [3.05, 3.63) is 31.6 Å². The standard InChI is InChI=1S/C21H26N6O3S2/c1-26(2)10-15-22-19-17(12-6-3-4-8-14(12)31-19)20(29)27(15)11-16(28)23-21-25-24-18(32-21)13-7-5-9-30-13/h13H,3-11H2,1-2H3,(H,23,25,28). The van der Waals surface area contributed by atoms with Crippen LogP contribution >= 0.6 is 22.7 Å². The fourth-order valence-electron chi connectivity index (χ4n) is 4.34. The summed E-state index contributed by atoms with van der Waals surface area (Å²) in [7, 11) is 3.85. The molecule has 1 unspecified atom stereocenters. The molecule has 1 N–H and O–H groups in total. The van der Waals surface area contributed by atoms with E-state index >= 15 is 0 Å². The Morgan fingerprint density at radius 2 is 2.06 bits per heavy atom. The number of nitrogens with zero attached hydrogens (tertiary/aromatic N) is 5. The molecular formula is C21H26N6O3S2. The van der Waals surface area contributed by atoms with Crippen molar-refractivity contribution < 1.29 is 9.53 Å². The number of fused-ring (bicyclic) bond motifs is 3. The van der Waals surface area contributed by atoms with Gasteiger partial charge in [0, 0.05) is 11.5 Å². The van der Waals surface area contributed by atoms with Crippen molar-refractivity contribution >= 4 is 43.9 Å². The summed E-state index contributed by atoms with van der Waals surface area (Å²) in [6.07, 6.45) is 6.03. The van der Waals surface area contributed by atoms with Gasteiger partial charge in [0.25, 0.3) is 5.56 Å². The average Bonchev–Trinajstić information content (AvgIpc) is 3.49. The number of amides is 1. The number of hydrogen-bond acceptors (Lipinski definition) is 9. The predicted octanol–water partition coefficient (Wildman–Crippen LogP) is 2.74. The average molecular weight is 475 g/mol. The molecule has 2 aliphatic rings. The van der Waals surface area contributed by atoms with Crippen LogP contribution in [0.25, 0.3) is 10.2 Å². The lowest BCUT2D eigenvalue weighted by Crippen LogP contribution is -2.33. The molecule has 32 heavy (non-hydrogen) atoms. The van der Waals surface area contributed by atoms with Crippen LogP contribution in [-0.4, -0.2) is 51.3 Å². The number of rotatable bonds is 6. The first-order valence-electron chi connectivity index (χ1n) is 10.9. The van der Waals surface area contributed by atoms with Crippen LogP contribution in [0, 0.1) is 0 Å². The van der Waals surface area contributed by atoms with Crippen LogP contribution in [0.3, 0.4) is 0 Å². The summed E-state index contributed by atoms with van der Waals surface area (Å²) in [4.78, 5) is 35.2. The number of thiophene rings is 1. The molecule has 4 heterocycles. The van der Waals surface area contributed by atoms with Crippen molar-refractivity contribution in [1.82, 2.24) is 24.6 Å². The molecule has 9 nitrogen and oxygen atoms in total. The van der Waals surface area contributed by atoms with Crippen molar-refractivity contribution in [2.45, 2.75) is 57.7 Å². The third kappa shape index (κ3) is 4.21. The van der Waals surface area contributed by atoms with Gasteiger partial charge >= 0.3 is 0 Å². The topological polar surface area (TPSA) is 102 Å². The van der Waals surface area contributed by atoms with E-state index in [-0.39, 0.29) is 24.1 Å². The van der Waals surface area contributed by atoms with Crippen molar-refractivity contribution in [2.75, 3.05) is 26.0 Å². The fourth-order valence-corrected chi connectivity index (χ4v) is 6.45. The second-order valence-electron chi connectivity index (χ2n) is 8.54. The number of hydrogen-bond donors (Lipinski definition) is 1. The first kappa shape index (κ1) is 21.6. The quantitative estimate of drug-likeness (QED) is 0.586. The summed E-state index contributed by atoms with van der Waals surface area (Å²) in [5.74, 6) is 0.283. The summed E-state index contributed by atoms with van der Waals surface area (Å²) in [5.41, 5.74) is 1.00. The molecule has 11 heteroatoms. The van der Waals surface area contributed by atoms with Gasteiger partial charge in [-0.15, -0.1) is 21.5 Å². The van der Waals surface area contributed by atoms with Gasteiger partial charge in [-0.1, -0.05) is 11.3 Å². The van der Waals surface area contributed by atoms with Crippen molar-refractivity contribution in [1.29, 1.82) is 0 Å².